The molecule has 0 amide bonds. The van der Waals surface area contributed by atoms with Gasteiger partial charge in [-0.1, -0.05) is 158 Å². The molecule has 8 heteroatoms. The molecular weight excluding hydrogens is 739 g/mol. The fourth-order valence-corrected chi connectivity index (χ4v) is 6.72. The van der Waals surface area contributed by atoms with Crippen molar-refractivity contribution in [3.8, 4) is 0 Å². The Morgan fingerprint density at radius 2 is 0.949 bits per heavy atom. The topological polar surface area (TPSA) is 99.1 Å². The number of carbonyl (C=O) groups excluding carboxylic acids is 2. The number of ether oxygens (including phenoxy) is 3. The zero-order chi connectivity index (χ0) is 43.5. The van der Waals surface area contributed by atoms with Crippen LogP contribution in [0.15, 0.2) is 60.8 Å². The van der Waals surface area contributed by atoms with Crippen LogP contribution in [0.1, 0.15) is 194 Å². The molecule has 0 spiro atoms. The van der Waals surface area contributed by atoms with Gasteiger partial charge in [-0.2, -0.15) is 0 Å². The molecular formula is C51H90NO7+. The van der Waals surface area contributed by atoms with Crippen molar-refractivity contribution in [1.82, 2.24) is 0 Å². The molecule has 1 N–H and O–H groups in total. The standard InChI is InChI=1S/C51H89NO7/c1-6-8-10-12-14-16-18-20-22-24-26-27-29-31-33-35-37-39-41-49(53)58-46-47(45-57-44-43-48(51(55)56)52(3,4)5)59-50(54)42-40-38-36-34-32-30-28-25-23-21-19-17-15-13-11-9-7-2/h9,11,15,17,21-24,28,30,47-48H,6-8,10,12-14,16,18-20,25-27,29,31-46H2,1-5H3/p+1/b11-9-,17-15-,23-21-,24-22-,30-28-. The smallest absolute Gasteiger partial charge is 0.362 e. The zero-order valence-corrected chi connectivity index (χ0v) is 38.7. The summed E-state index contributed by atoms with van der Waals surface area (Å²) in [6, 6.07) is -0.622. The quantitative estimate of drug-likeness (QED) is 0.0283. The van der Waals surface area contributed by atoms with Crippen LogP contribution in [-0.4, -0.2) is 80.6 Å². The monoisotopic (exact) mass is 829 g/mol. The maximum absolute atomic E-state index is 12.7. The molecule has 8 nitrogen and oxygen atoms in total. The highest BCUT2D eigenvalue weighted by molar-refractivity contribution is 5.72. The van der Waals surface area contributed by atoms with Crippen LogP contribution in [0.2, 0.25) is 0 Å². The molecule has 0 saturated carbocycles. The lowest BCUT2D eigenvalue weighted by molar-refractivity contribution is -0.887. The Kier molecular flexibility index (Phi) is 39.6. The average Bonchev–Trinajstić information content (AvgIpc) is 3.19. The van der Waals surface area contributed by atoms with E-state index in [1.807, 2.05) is 21.1 Å². The Morgan fingerprint density at radius 3 is 1.42 bits per heavy atom. The number of nitrogens with zero attached hydrogens (tertiary/aromatic N) is 1. The van der Waals surface area contributed by atoms with E-state index in [9.17, 15) is 19.5 Å². The number of rotatable bonds is 42. The van der Waals surface area contributed by atoms with Crippen LogP contribution in [0.3, 0.4) is 0 Å². The molecule has 0 heterocycles. The van der Waals surface area contributed by atoms with Gasteiger partial charge in [0, 0.05) is 19.3 Å². The highest BCUT2D eigenvalue weighted by Crippen LogP contribution is 2.14. The Morgan fingerprint density at radius 1 is 0.525 bits per heavy atom. The van der Waals surface area contributed by atoms with Crippen LogP contribution in [0.25, 0.3) is 0 Å². The molecule has 0 aromatic carbocycles. The number of hydrogen-bond donors (Lipinski definition) is 1. The number of carbonyl (C=O) groups is 3. The molecule has 340 valence electrons. The fraction of sp³-hybridized carbons (Fsp3) is 0.745. The highest BCUT2D eigenvalue weighted by atomic mass is 16.6. The predicted octanol–water partition coefficient (Wildman–Crippen LogP) is 13.4. The SMILES string of the molecule is CC/C=C\C/C=C\C/C=C\C/C=C\CCCCCCC(=O)OC(COCCC(C(=O)O)[N+](C)(C)C)COC(=O)CCCCCCCCC/C=C\CCCCCCCCC. The summed E-state index contributed by atoms with van der Waals surface area (Å²) in [4.78, 5) is 37.1. The Labute approximate surface area is 362 Å². The molecule has 0 bridgehead atoms. The first-order valence-electron chi connectivity index (χ1n) is 23.8. The molecule has 0 aromatic rings. The summed E-state index contributed by atoms with van der Waals surface area (Å²) < 4.78 is 17.3. The molecule has 59 heavy (non-hydrogen) atoms. The summed E-state index contributed by atoms with van der Waals surface area (Å²) in [6.07, 6.45) is 51.2. The number of aliphatic carboxylic acids is 1. The number of quaternary nitrogens is 1. The molecule has 0 fully saturated rings. The summed E-state index contributed by atoms with van der Waals surface area (Å²) in [5.74, 6) is -1.50. The Hall–Kier alpha value is -2.97. The highest BCUT2D eigenvalue weighted by Gasteiger charge is 2.31. The van der Waals surface area contributed by atoms with Gasteiger partial charge in [-0.15, -0.1) is 0 Å². The van der Waals surface area contributed by atoms with Crippen molar-refractivity contribution in [3.63, 3.8) is 0 Å². The molecule has 0 aliphatic carbocycles. The number of hydrogen-bond acceptors (Lipinski definition) is 6. The lowest BCUT2D eigenvalue weighted by atomic mass is 10.1. The molecule has 0 rings (SSSR count). The number of likely N-dealkylation sites (N-methyl/N-ethyl adjacent to an activating group) is 1. The summed E-state index contributed by atoms with van der Waals surface area (Å²) >= 11 is 0. The minimum Gasteiger partial charge on any atom is -0.477 e. The summed E-state index contributed by atoms with van der Waals surface area (Å²) in [6.45, 7) is 4.59. The van der Waals surface area contributed by atoms with Crippen molar-refractivity contribution in [2.24, 2.45) is 0 Å². The lowest BCUT2D eigenvalue weighted by Crippen LogP contribution is -2.50. The normalized spacial score (nSPS) is 13.4. The second-order valence-corrected chi connectivity index (χ2v) is 17.0. The van der Waals surface area contributed by atoms with Crippen molar-refractivity contribution in [2.45, 2.75) is 206 Å². The minimum atomic E-state index is -0.881. The second kappa shape index (κ2) is 41.8. The van der Waals surface area contributed by atoms with Crippen molar-refractivity contribution >= 4 is 17.9 Å². The summed E-state index contributed by atoms with van der Waals surface area (Å²) in [7, 11) is 5.52. The van der Waals surface area contributed by atoms with E-state index in [1.165, 1.54) is 83.5 Å². The minimum absolute atomic E-state index is 0.0480. The number of esters is 2. The largest absolute Gasteiger partial charge is 0.477 e. The second-order valence-electron chi connectivity index (χ2n) is 17.0. The Balaban J connectivity index is 4.35. The van der Waals surface area contributed by atoms with Crippen molar-refractivity contribution in [2.75, 3.05) is 41.0 Å². The molecule has 2 atom stereocenters. The summed E-state index contributed by atoms with van der Waals surface area (Å²) in [5, 5.41) is 9.63. The van der Waals surface area contributed by atoms with Gasteiger partial charge in [0.1, 0.15) is 6.61 Å². The predicted molar refractivity (Wildman–Crippen MR) is 247 cm³/mol. The van der Waals surface area contributed by atoms with Gasteiger partial charge in [0.05, 0.1) is 34.4 Å². The van der Waals surface area contributed by atoms with E-state index in [0.29, 0.717) is 19.3 Å². The number of carboxylic acids is 1. The first-order valence-corrected chi connectivity index (χ1v) is 23.8. The number of allylic oxidation sites excluding steroid dienone is 10. The lowest BCUT2D eigenvalue weighted by Gasteiger charge is -2.31. The van der Waals surface area contributed by atoms with Gasteiger partial charge < -0.3 is 23.8 Å². The molecule has 0 aliphatic heterocycles. The van der Waals surface area contributed by atoms with Crippen LogP contribution < -0.4 is 0 Å². The van der Waals surface area contributed by atoms with E-state index < -0.39 is 18.1 Å². The maximum atomic E-state index is 12.7. The number of unbranched alkanes of at least 4 members (excludes halogenated alkanes) is 18. The van der Waals surface area contributed by atoms with E-state index in [1.54, 1.807) is 0 Å². The van der Waals surface area contributed by atoms with Gasteiger partial charge in [0.25, 0.3) is 0 Å². The first kappa shape index (κ1) is 56.0. The van der Waals surface area contributed by atoms with Gasteiger partial charge in [-0.25, -0.2) is 4.79 Å². The molecule has 0 aromatic heterocycles. The molecule has 0 radical (unpaired) electrons. The van der Waals surface area contributed by atoms with Crippen LogP contribution in [0.4, 0.5) is 0 Å². The van der Waals surface area contributed by atoms with Gasteiger partial charge in [-0.05, 0) is 77.0 Å². The van der Waals surface area contributed by atoms with Gasteiger partial charge in [-0.3, -0.25) is 9.59 Å². The van der Waals surface area contributed by atoms with E-state index in [-0.39, 0.29) is 36.2 Å². The van der Waals surface area contributed by atoms with Gasteiger partial charge in [0.15, 0.2) is 12.1 Å². The van der Waals surface area contributed by atoms with E-state index in [0.717, 1.165) is 77.0 Å². The third-order valence-electron chi connectivity index (χ3n) is 10.4. The van der Waals surface area contributed by atoms with Crippen LogP contribution in [-0.2, 0) is 28.6 Å². The first-order chi connectivity index (χ1) is 28.6. The third-order valence-corrected chi connectivity index (χ3v) is 10.4. The van der Waals surface area contributed by atoms with E-state index in [4.69, 9.17) is 14.2 Å². The molecule has 2 unspecified atom stereocenters. The van der Waals surface area contributed by atoms with E-state index in [2.05, 4.69) is 74.6 Å². The van der Waals surface area contributed by atoms with Crippen LogP contribution in [0, 0.1) is 0 Å². The molecule has 0 aliphatic rings. The van der Waals surface area contributed by atoms with Crippen molar-refractivity contribution in [1.29, 1.82) is 0 Å². The number of carboxylic acid groups (broad SMARTS) is 1. The Bertz CT molecular complexity index is 1150. The van der Waals surface area contributed by atoms with E-state index >= 15 is 0 Å². The van der Waals surface area contributed by atoms with Gasteiger partial charge in [0.2, 0.25) is 0 Å². The zero-order valence-electron chi connectivity index (χ0n) is 38.7. The van der Waals surface area contributed by atoms with Crippen LogP contribution in [0.5, 0.6) is 0 Å². The van der Waals surface area contributed by atoms with Crippen molar-refractivity contribution < 1.29 is 38.2 Å². The average molecular weight is 829 g/mol. The third kappa shape index (κ3) is 40.2. The summed E-state index contributed by atoms with van der Waals surface area (Å²) in [5.41, 5.74) is 0. The maximum Gasteiger partial charge on any atom is 0.362 e. The molecule has 0 saturated heterocycles. The van der Waals surface area contributed by atoms with Crippen molar-refractivity contribution in [3.05, 3.63) is 60.8 Å². The van der Waals surface area contributed by atoms with Gasteiger partial charge >= 0.3 is 17.9 Å². The fourth-order valence-electron chi connectivity index (χ4n) is 6.72. The van der Waals surface area contributed by atoms with Crippen LogP contribution >= 0.6 is 0 Å².